The average Bonchev–Trinajstić information content (AvgIpc) is 3.25. The summed E-state index contributed by atoms with van der Waals surface area (Å²) >= 11 is 5.89. The summed E-state index contributed by atoms with van der Waals surface area (Å²) in [4.78, 5) is 12.5. The summed E-state index contributed by atoms with van der Waals surface area (Å²) in [5.74, 6) is 0.824. The summed E-state index contributed by atoms with van der Waals surface area (Å²) in [6, 6.07) is 25.7. The summed E-state index contributed by atoms with van der Waals surface area (Å²) in [6.07, 6.45) is 0. The van der Waals surface area contributed by atoms with Crippen LogP contribution in [0.25, 0.3) is 11.3 Å². The zero-order valence-electron chi connectivity index (χ0n) is 15.3. The Balaban J connectivity index is 1.40. The summed E-state index contributed by atoms with van der Waals surface area (Å²) < 4.78 is 11.1. The minimum atomic E-state index is -0.356. The number of nitrogens with zero attached hydrogens (tertiary/aromatic N) is 1. The molecule has 0 fully saturated rings. The Morgan fingerprint density at radius 3 is 2.55 bits per heavy atom. The molecule has 0 aliphatic heterocycles. The average molecular weight is 405 g/mol. The second-order valence-corrected chi connectivity index (χ2v) is 6.78. The van der Waals surface area contributed by atoms with E-state index in [1.54, 1.807) is 18.2 Å². The first-order chi connectivity index (χ1) is 14.2. The van der Waals surface area contributed by atoms with Crippen molar-refractivity contribution in [2.75, 3.05) is 5.32 Å². The molecule has 0 atom stereocenters. The van der Waals surface area contributed by atoms with Crippen molar-refractivity contribution >= 4 is 23.2 Å². The smallest absolute Gasteiger partial charge is 0.277 e. The van der Waals surface area contributed by atoms with Crippen molar-refractivity contribution in [2.45, 2.75) is 6.61 Å². The van der Waals surface area contributed by atoms with Crippen molar-refractivity contribution in [3.8, 4) is 17.1 Å². The molecule has 0 aliphatic carbocycles. The van der Waals surface area contributed by atoms with E-state index in [-0.39, 0.29) is 11.6 Å². The third-order valence-electron chi connectivity index (χ3n) is 4.21. The molecule has 1 aromatic heterocycles. The van der Waals surface area contributed by atoms with Gasteiger partial charge in [-0.25, -0.2) is 0 Å². The first-order valence-electron chi connectivity index (χ1n) is 8.98. The van der Waals surface area contributed by atoms with Crippen LogP contribution < -0.4 is 10.1 Å². The number of hydrogen-bond acceptors (Lipinski definition) is 4. The van der Waals surface area contributed by atoms with Gasteiger partial charge in [0.05, 0.1) is 0 Å². The number of anilines is 1. The van der Waals surface area contributed by atoms with Crippen LogP contribution in [-0.4, -0.2) is 11.1 Å². The lowest BCUT2D eigenvalue weighted by Crippen LogP contribution is -2.12. The van der Waals surface area contributed by atoms with Crippen LogP contribution in [0.1, 0.15) is 16.1 Å². The van der Waals surface area contributed by atoms with Gasteiger partial charge in [0.2, 0.25) is 0 Å². The van der Waals surface area contributed by atoms with Crippen molar-refractivity contribution in [2.24, 2.45) is 0 Å². The van der Waals surface area contributed by atoms with Crippen molar-refractivity contribution < 1.29 is 14.1 Å². The molecule has 1 amide bonds. The van der Waals surface area contributed by atoms with Crippen molar-refractivity contribution in [1.82, 2.24) is 5.16 Å². The quantitative estimate of drug-likeness (QED) is 0.439. The van der Waals surface area contributed by atoms with Gasteiger partial charge >= 0.3 is 0 Å². The number of hydrogen-bond donors (Lipinski definition) is 1. The standard InChI is InChI=1S/C23H17ClN2O3/c24-18-11-9-16(10-12-18)15-28-20-8-4-7-19(13-20)25-23(27)21-14-22(29-26-21)17-5-2-1-3-6-17/h1-14H,15H2,(H,25,27). The van der Waals surface area contributed by atoms with E-state index in [2.05, 4.69) is 10.5 Å². The van der Waals surface area contributed by atoms with Gasteiger partial charge in [-0.1, -0.05) is 65.3 Å². The van der Waals surface area contributed by atoms with E-state index in [1.807, 2.05) is 66.7 Å². The van der Waals surface area contributed by atoms with E-state index in [0.717, 1.165) is 11.1 Å². The van der Waals surface area contributed by atoms with Gasteiger partial charge < -0.3 is 14.6 Å². The Labute approximate surface area is 172 Å². The number of benzene rings is 3. The van der Waals surface area contributed by atoms with Gasteiger partial charge in [0, 0.05) is 28.4 Å². The van der Waals surface area contributed by atoms with Gasteiger partial charge in [0.15, 0.2) is 11.5 Å². The molecule has 0 saturated carbocycles. The molecule has 4 aromatic rings. The first kappa shape index (κ1) is 18.8. The molecule has 1 N–H and O–H groups in total. The van der Waals surface area contributed by atoms with Gasteiger partial charge in [-0.2, -0.15) is 0 Å². The number of nitrogens with one attached hydrogen (secondary N) is 1. The minimum Gasteiger partial charge on any atom is -0.489 e. The molecular weight excluding hydrogens is 388 g/mol. The van der Waals surface area contributed by atoms with Crippen LogP contribution in [0.5, 0.6) is 5.75 Å². The normalized spacial score (nSPS) is 10.5. The highest BCUT2D eigenvalue weighted by atomic mass is 35.5. The van der Waals surface area contributed by atoms with Crippen LogP contribution in [-0.2, 0) is 6.61 Å². The fourth-order valence-corrected chi connectivity index (χ4v) is 2.85. The minimum absolute atomic E-state index is 0.205. The summed E-state index contributed by atoms with van der Waals surface area (Å²) in [5.41, 5.74) is 2.67. The van der Waals surface area contributed by atoms with Crippen LogP contribution in [0.2, 0.25) is 5.02 Å². The van der Waals surface area contributed by atoms with E-state index in [0.29, 0.717) is 28.8 Å². The van der Waals surface area contributed by atoms with Crippen molar-refractivity contribution in [3.05, 3.63) is 101 Å². The van der Waals surface area contributed by atoms with Crippen LogP contribution in [0.4, 0.5) is 5.69 Å². The fourth-order valence-electron chi connectivity index (χ4n) is 2.73. The maximum atomic E-state index is 12.5. The van der Waals surface area contributed by atoms with E-state index in [4.69, 9.17) is 20.9 Å². The highest BCUT2D eigenvalue weighted by molar-refractivity contribution is 6.30. The molecule has 1 heterocycles. The Morgan fingerprint density at radius 2 is 1.76 bits per heavy atom. The third kappa shape index (κ3) is 4.83. The number of aromatic nitrogens is 1. The molecule has 5 nitrogen and oxygen atoms in total. The van der Waals surface area contributed by atoms with Crippen LogP contribution in [0.3, 0.4) is 0 Å². The summed E-state index contributed by atoms with van der Waals surface area (Å²) in [5, 5.41) is 7.36. The van der Waals surface area contributed by atoms with Crippen LogP contribution >= 0.6 is 11.6 Å². The highest BCUT2D eigenvalue weighted by Crippen LogP contribution is 2.22. The molecular formula is C23H17ClN2O3. The molecule has 4 rings (SSSR count). The number of halogens is 1. The number of ether oxygens (including phenoxy) is 1. The van der Waals surface area contributed by atoms with Gasteiger partial charge in [-0.3, -0.25) is 4.79 Å². The predicted molar refractivity (Wildman–Crippen MR) is 112 cm³/mol. The Hall–Kier alpha value is -3.57. The lowest BCUT2D eigenvalue weighted by atomic mass is 10.1. The second kappa shape index (κ2) is 8.63. The van der Waals surface area contributed by atoms with E-state index in [1.165, 1.54) is 0 Å². The predicted octanol–water partition coefficient (Wildman–Crippen LogP) is 5.83. The number of rotatable bonds is 6. The molecule has 6 heteroatoms. The Bertz CT molecular complexity index is 1110. The Morgan fingerprint density at radius 1 is 0.966 bits per heavy atom. The zero-order chi connectivity index (χ0) is 20.1. The molecule has 144 valence electrons. The fraction of sp³-hybridized carbons (Fsp3) is 0.0435. The summed E-state index contributed by atoms with van der Waals surface area (Å²) in [7, 11) is 0. The van der Waals surface area contributed by atoms with Crippen molar-refractivity contribution in [3.63, 3.8) is 0 Å². The first-order valence-corrected chi connectivity index (χ1v) is 9.36. The lowest BCUT2D eigenvalue weighted by molar-refractivity contribution is 0.101. The van der Waals surface area contributed by atoms with Gasteiger partial charge in [-0.15, -0.1) is 0 Å². The molecule has 0 radical (unpaired) electrons. The third-order valence-corrected chi connectivity index (χ3v) is 4.46. The zero-order valence-corrected chi connectivity index (χ0v) is 16.1. The molecule has 0 aliphatic rings. The lowest BCUT2D eigenvalue weighted by Gasteiger charge is -2.09. The topological polar surface area (TPSA) is 64.4 Å². The van der Waals surface area contributed by atoms with Crippen LogP contribution in [0.15, 0.2) is 89.5 Å². The SMILES string of the molecule is O=C(Nc1cccc(OCc2ccc(Cl)cc2)c1)c1cc(-c2ccccc2)on1. The largest absolute Gasteiger partial charge is 0.489 e. The number of amides is 1. The molecule has 29 heavy (non-hydrogen) atoms. The summed E-state index contributed by atoms with van der Waals surface area (Å²) in [6.45, 7) is 0.401. The monoisotopic (exact) mass is 404 g/mol. The molecule has 0 bridgehead atoms. The molecule has 0 saturated heterocycles. The van der Waals surface area contributed by atoms with Crippen LogP contribution in [0, 0.1) is 0 Å². The maximum Gasteiger partial charge on any atom is 0.277 e. The van der Waals surface area contributed by atoms with E-state index in [9.17, 15) is 4.79 Å². The van der Waals surface area contributed by atoms with Gasteiger partial charge in [0.1, 0.15) is 12.4 Å². The van der Waals surface area contributed by atoms with Crippen molar-refractivity contribution in [1.29, 1.82) is 0 Å². The maximum absolute atomic E-state index is 12.5. The van der Waals surface area contributed by atoms with E-state index >= 15 is 0 Å². The van der Waals surface area contributed by atoms with Gasteiger partial charge in [-0.05, 0) is 29.8 Å². The highest BCUT2D eigenvalue weighted by Gasteiger charge is 2.14. The second-order valence-electron chi connectivity index (χ2n) is 6.34. The molecule has 0 unspecified atom stereocenters. The Kier molecular flexibility index (Phi) is 5.59. The molecule has 0 spiro atoms. The number of carbonyl (C=O) groups excluding carboxylic acids is 1. The molecule has 3 aromatic carbocycles. The van der Waals surface area contributed by atoms with Gasteiger partial charge in [0.25, 0.3) is 5.91 Å². The van der Waals surface area contributed by atoms with E-state index < -0.39 is 0 Å². The number of carbonyl (C=O) groups is 1.